The van der Waals surface area contributed by atoms with Crippen LogP contribution in [0.25, 0.3) is 72.3 Å². The van der Waals surface area contributed by atoms with E-state index in [-0.39, 0.29) is 0 Å². The zero-order valence-corrected chi connectivity index (χ0v) is 20.4. The van der Waals surface area contributed by atoms with E-state index in [0.29, 0.717) is 5.89 Å². The summed E-state index contributed by atoms with van der Waals surface area (Å²) in [5, 5.41) is 1.22. The van der Waals surface area contributed by atoms with Crippen LogP contribution >= 0.6 is 0 Å². The van der Waals surface area contributed by atoms with Crippen LogP contribution in [0.5, 0.6) is 0 Å². The molecular weight excluding hydrogens is 466 g/mol. The van der Waals surface area contributed by atoms with E-state index in [2.05, 4.69) is 100 Å². The highest BCUT2D eigenvalue weighted by atomic mass is 16.3. The zero-order valence-electron chi connectivity index (χ0n) is 20.4. The van der Waals surface area contributed by atoms with Crippen molar-refractivity contribution in [1.29, 1.82) is 0 Å². The number of aromatic nitrogens is 3. The van der Waals surface area contributed by atoms with Gasteiger partial charge >= 0.3 is 0 Å². The third kappa shape index (κ3) is 3.17. The molecule has 0 radical (unpaired) electrons. The van der Waals surface area contributed by atoms with Crippen LogP contribution in [-0.2, 0) is 0 Å². The summed E-state index contributed by atoms with van der Waals surface area (Å²) < 4.78 is 8.29. The first-order chi connectivity index (χ1) is 18.8. The molecule has 0 aliphatic carbocycles. The van der Waals surface area contributed by atoms with Crippen molar-refractivity contribution in [2.45, 2.75) is 0 Å². The maximum Gasteiger partial charge on any atom is 0.227 e. The van der Waals surface area contributed by atoms with Gasteiger partial charge in [-0.25, -0.2) is 4.98 Å². The Labute approximate surface area is 218 Å². The Bertz CT molecular complexity index is 2100. The third-order valence-corrected chi connectivity index (χ3v) is 7.27. The Morgan fingerprint density at radius 3 is 2.11 bits per heavy atom. The Morgan fingerprint density at radius 1 is 0.526 bits per heavy atom. The van der Waals surface area contributed by atoms with Gasteiger partial charge in [0.15, 0.2) is 5.58 Å². The molecule has 8 aromatic rings. The molecule has 0 saturated heterocycles. The lowest BCUT2D eigenvalue weighted by molar-refractivity contribution is 0.620. The highest BCUT2D eigenvalue weighted by Gasteiger charge is 2.16. The van der Waals surface area contributed by atoms with Crippen LogP contribution in [0, 0.1) is 0 Å². The molecule has 0 bridgehead atoms. The highest BCUT2D eigenvalue weighted by Crippen LogP contribution is 2.38. The molecule has 0 saturated carbocycles. The van der Waals surface area contributed by atoms with E-state index >= 15 is 0 Å². The van der Waals surface area contributed by atoms with Crippen molar-refractivity contribution in [3.8, 4) is 33.7 Å². The largest absolute Gasteiger partial charge is 0.436 e. The third-order valence-electron chi connectivity index (χ3n) is 7.27. The van der Waals surface area contributed by atoms with Crippen molar-refractivity contribution < 1.29 is 4.42 Å². The van der Waals surface area contributed by atoms with E-state index in [0.717, 1.165) is 44.3 Å². The fourth-order valence-corrected chi connectivity index (χ4v) is 5.49. The average Bonchev–Trinajstić information content (AvgIpc) is 3.57. The van der Waals surface area contributed by atoms with E-state index in [9.17, 15) is 0 Å². The summed E-state index contributed by atoms with van der Waals surface area (Å²) in [5.74, 6) is 0.637. The zero-order chi connectivity index (χ0) is 25.1. The number of para-hydroxylation sites is 5. The van der Waals surface area contributed by atoms with E-state index in [4.69, 9.17) is 9.40 Å². The van der Waals surface area contributed by atoms with Crippen molar-refractivity contribution >= 4 is 38.6 Å². The molecule has 3 heterocycles. The molecule has 0 aliphatic heterocycles. The summed E-state index contributed by atoms with van der Waals surface area (Å²) in [6.07, 6.45) is 2.00. The van der Waals surface area contributed by atoms with Gasteiger partial charge in [0.25, 0.3) is 0 Å². The maximum atomic E-state index is 5.96. The number of hydrogen-bond donors (Lipinski definition) is 0. The first kappa shape index (κ1) is 20.9. The second-order valence-corrected chi connectivity index (χ2v) is 9.50. The maximum absolute atomic E-state index is 5.96. The molecule has 3 aromatic heterocycles. The summed E-state index contributed by atoms with van der Waals surface area (Å²) in [4.78, 5) is 9.43. The van der Waals surface area contributed by atoms with Crippen LogP contribution in [0.1, 0.15) is 0 Å². The first-order valence-electron chi connectivity index (χ1n) is 12.7. The minimum Gasteiger partial charge on any atom is -0.436 e. The van der Waals surface area contributed by atoms with Crippen LogP contribution in [0.15, 0.2) is 132 Å². The normalized spacial score (nSPS) is 11.7. The molecule has 4 nitrogen and oxygen atoms in total. The lowest BCUT2D eigenvalue weighted by Gasteiger charge is -2.08. The Hall–Kier alpha value is -5.22. The van der Waals surface area contributed by atoms with Gasteiger partial charge in [-0.05, 0) is 65.2 Å². The van der Waals surface area contributed by atoms with Crippen molar-refractivity contribution in [1.82, 2.24) is 14.4 Å². The Kier molecular flexibility index (Phi) is 4.49. The Morgan fingerprint density at radius 2 is 1.24 bits per heavy atom. The van der Waals surface area contributed by atoms with Gasteiger partial charge in [-0.3, -0.25) is 4.98 Å². The van der Waals surface area contributed by atoms with Crippen LogP contribution in [0.4, 0.5) is 0 Å². The van der Waals surface area contributed by atoms with Gasteiger partial charge in [-0.15, -0.1) is 0 Å². The van der Waals surface area contributed by atoms with Gasteiger partial charge in [0.1, 0.15) is 5.52 Å². The molecule has 8 rings (SSSR count). The monoisotopic (exact) mass is 487 g/mol. The van der Waals surface area contributed by atoms with E-state index in [1.807, 2.05) is 36.5 Å². The molecule has 4 heteroatoms. The molecule has 0 fully saturated rings. The van der Waals surface area contributed by atoms with Gasteiger partial charge in [-0.1, -0.05) is 72.8 Å². The molecule has 0 atom stereocenters. The SMILES string of the molecule is c1cc(-c2ccc(-c3nc4ccccc4o3)cc2)cc(-c2c3ccccc3n3c2cnc2ccccc23)c1. The number of benzene rings is 5. The number of hydrogen-bond acceptors (Lipinski definition) is 3. The summed E-state index contributed by atoms with van der Waals surface area (Å²) in [6, 6.07) is 41.9. The number of oxazole rings is 1. The predicted molar refractivity (Wildman–Crippen MR) is 154 cm³/mol. The van der Waals surface area contributed by atoms with Crippen molar-refractivity contribution in [3.63, 3.8) is 0 Å². The molecular formula is C34H21N3O. The summed E-state index contributed by atoms with van der Waals surface area (Å²) in [7, 11) is 0. The average molecular weight is 488 g/mol. The van der Waals surface area contributed by atoms with Crippen LogP contribution < -0.4 is 0 Å². The van der Waals surface area contributed by atoms with E-state index in [1.165, 1.54) is 22.0 Å². The second kappa shape index (κ2) is 8.15. The quantitative estimate of drug-likeness (QED) is 0.250. The molecule has 0 amide bonds. The number of fused-ring (bicyclic) bond motifs is 6. The highest BCUT2D eigenvalue weighted by molar-refractivity contribution is 6.08. The smallest absolute Gasteiger partial charge is 0.227 e. The molecule has 5 aromatic carbocycles. The minimum absolute atomic E-state index is 0.637. The standard InChI is InChI=1S/C34H21N3O/c1-4-13-29-26(10-1)33(31-21-35-27-11-2-5-14-30(27)37(29)31)25-9-7-8-24(20-25)22-16-18-23(19-17-22)34-36-28-12-3-6-15-32(28)38-34/h1-21H. The minimum atomic E-state index is 0.637. The van der Waals surface area contributed by atoms with E-state index in [1.54, 1.807) is 0 Å². The number of rotatable bonds is 3. The molecule has 0 unspecified atom stereocenters. The van der Waals surface area contributed by atoms with Gasteiger partial charge < -0.3 is 8.82 Å². The van der Waals surface area contributed by atoms with Crippen molar-refractivity contribution in [2.75, 3.05) is 0 Å². The molecule has 0 spiro atoms. The first-order valence-corrected chi connectivity index (χ1v) is 12.7. The fourth-order valence-electron chi connectivity index (χ4n) is 5.49. The van der Waals surface area contributed by atoms with Crippen LogP contribution in [0.2, 0.25) is 0 Å². The molecule has 38 heavy (non-hydrogen) atoms. The Balaban J connectivity index is 1.26. The van der Waals surface area contributed by atoms with Gasteiger partial charge in [0.2, 0.25) is 5.89 Å². The summed E-state index contributed by atoms with van der Waals surface area (Å²) in [6.45, 7) is 0. The fraction of sp³-hybridized carbons (Fsp3) is 0. The summed E-state index contributed by atoms with van der Waals surface area (Å²) in [5.41, 5.74) is 11.7. The number of nitrogens with zero attached hydrogens (tertiary/aromatic N) is 3. The summed E-state index contributed by atoms with van der Waals surface area (Å²) >= 11 is 0. The molecule has 0 N–H and O–H groups in total. The predicted octanol–water partition coefficient (Wildman–Crippen LogP) is 8.78. The molecule has 0 aliphatic rings. The van der Waals surface area contributed by atoms with Gasteiger partial charge in [0.05, 0.1) is 28.3 Å². The van der Waals surface area contributed by atoms with Gasteiger partial charge in [-0.2, -0.15) is 0 Å². The van der Waals surface area contributed by atoms with E-state index < -0.39 is 0 Å². The van der Waals surface area contributed by atoms with Gasteiger partial charge in [0, 0.05) is 16.5 Å². The lowest BCUT2D eigenvalue weighted by atomic mass is 9.97. The molecule has 178 valence electrons. The van der Waals surface area contributed by atoms with Crippen LogP contribution in [0.3, 0.4) is 0 Å². The van der Waals surface area contributed by atoms with Crippen molar-refractivity contribution in [2.24, 2.45) is 0 Å². The topological polar surface area (TPSA) is 43.3 Å². The van der Waals surface area contributed by atoms with Crippen molar-refractivity contribution in [3.05, 3.63) is 128 Å². The second-order valence-electron chi connectivity index (χ2n) is 9.50. The van der Waals surface area contributed by atoms with Crippen LogP contribution in [-0.4, -0.2) is 14.4 Å². The lowest BCUT2D eigenvalue weighted by Crippen LogP contribution is -1.90.